The van der Waals surface area contributed by atoms with Crippen LogP contribution in [-0.4, -0.2) is 53.7 Å². The van der Waals surface area contributed by atoms with Crippen LogP contribution in [0.3, 0.4) is 0 Å². The van der Waals surface area contributed by atoms with Crippen LogP contribution in [0, 0.1) is 5.92 Å². The number of likely N-dealkylation sites (tertiary alicyclic amines) is 1. The number of hydrogen-bond acceptors (Lipinski definition) is 4. The molecule has 34 heavy (non-hydrogen) atoms. The van der Waals surface area contributed by atoms with Gasteiger partial charge in [0.2, 0.25) is 5.91 Å². The van der Waals surface area contributed by atoms with Gasteiger partial charge in [0.15, 0.2) is 0 Å². The van der Waals surface area contributed by atoms with Crippen LogP contribution in [0.4, 0.5) is 4.79 Å². The average Bonchev–Trinajstić information content (AvgIpc) is 3.42. The maximum atomic E-state index is 12.8. The van der Waals surface area contributed by atoms with Crippen molar-refractivity contribution < 1.29 is 24.2 Å². The largest absolute Gasteiger partial charge is 0.481 e. The monoisotopic (exact) mass is 464 g/mol. The molecule has 2 atom stereocenters. The SMILES string of the molecule is CCC(CNC(=O)OCC1c2ccccc2-c2ccccc21)CC(=O)N1CCC[C@H]1CC(=O)O. The fourth-order valence-corrected chi connectivity index (χ4v) is 5.18. The molecule has 1 aliphatic carbocycles. The van der Waals surface area contributed by atoms with Gasteiger partial charge in [0.25, 0.3) is 0 Å². The highest BCUT2D eigenvalue weighted by Crippen LogP contribution is 2.44. The van der Waals surface area contributed by atoms with E-state index in [1.54, 1.807) is 4.90 Å². The first-order valence-corrected chi connectivity index (χ1v) is 12.1. The molecule has 1 heterocycles. The zero-order valence-corrected chi connectivity index (χ0v) is 19.5. The molecule has 2 N–H and O–H groups in total. The van der Waals surface area contributed by atoms with Crippen LogP contribution < -0.4 is 5.32 Å². The second kappa shape index (κ2) is 10.7. The summed E-state index contributed by atoms with van der Waals surface area (Å²) in [5.41, 5.74) is 4.68. The lowest BCUT2D eigenvalue weighted by Crippen LogP contribution is -2.39. The quantitative estimate of drug-likeness (QED) is 0.573. The number of hydrogen-bond donors (Lipinski definition) is 2. The number of carboxylic acid groups (broad SMARTS) is 1. The molecule has 1 saturated heterocycles. The van der Waals surface area contributed by atoms with Gasteiger partial charge in [0.1, 0.15) is 6.61 Å². The van der Waals surface area contributed by atoms with E-state index in [9.17, 15) is 14.4 Å². The van der Waals surface area contributed by atoms with Gasteiger partial charge in [-0.3, -0.25) is 9.59 Å². The highest BCUT2D eigenvalue weighted by Gasteiger charge is 2.32. The molecule has 0 saturated carbocycles. The number of alkyl carbamates (subject to hydrolysis) is 1. The van der Waals surface area contributed by atoms with E-state index in [1.807, 2.05) is 31.2 Å². The van der Waals surface area contributed by atoms with Crippen molar-refractivity contribution in [2.24, 2.45) is 5.92 Å². The maximum absolute atomic E-state index is 12.8. The maximum Gasteiger partial charge on any atom is 0.407 e. The number of nitrogens with one attached hydrogen (secondary N) is 1. The average molecular weight is 465 g/mol. The van der Waals surface area contributed by atoms with E-state index in [1.165, 1.54) is 11.1 Å². The number of carbonyl (C=O) groups is 3. The minimum Gasteiger partial charge on any atom is -0.481 e. The first-order valence-electron chi connectivity index (χ1n) is 12.1. The van der Waals surface area contributed by atoms with Gasteiger partial charge in [0.05, 0.1) is 6.42 Å². The second-order valence-corrected chi connectivity index (χ2v) is 9.17. The minimum absolute atomic E-state index is 0.00281. The van der Waals surface area contributed by atoms with Gasteiger partial charge in [0, 0.05) is 31.5 Å². The lowest BCUT2D eigenvalue weighted by atomic mass is 9.98. The molecule has 180 valence electrons. The highest BCUT2D eigenvalue weighted by atomic mass is 16.5. The van der Waals surface area contributed by atoms with Crippen LogP contribution in [0.25, 0.3) is 11.1 Å². The molecule has 7 heteroatoms. The van der Waals surface area contributed by atoms with Gasteiger partial charge >= 0.3 is 12.1 Å². The lowest BCUT2D eigenvalue weighted by Gasteiger charge is -2.26. The van der Waals surface area contributed by atoms with Crippen molar-refractivity contribution in [3.8, 4) is 11.1 Å². The summed E-state index contributed by atoms with van der Waals surface area (Å²) < 4.78 is 5.59. The molecular weight excluding hydrogens is 432 g/mol. The number of rotatable bonds is 9. The topological polar surface area (TPSA) is 95.9 Å². The summed E-state index contributed by atoms with van der Waals surface area (Å²) >= 11 is 0. The van der Waals surface area contributed by atoms with Crippen molar-refractivity contribution in [1.82, 2.24) is 10.2 Å². The summed E-state index contributed by atoms with van der Waals surface area (Å²) in [6, 6.07) is 16.2. The Labute approximate surface area is 200 Å². The number of fused-ring (bicyclic) bond motifs is 3. The Kier molecular flexibility index (Phi) is 7.50. The number of benzene rings is 2. The minimum atomic E-state index is -0.881. The fourth-order valence-electron chi connectivity index (χ4n) is 5.18. The lowest BCUT2D eigenvalue weighted by molar-refractivity contribution is -0.140. The van der Waals surface area contributed by atoms with Gasteiger partial charge in [-0.15, -0.1) is 0 Å². The van der Waals surface area contributed by atoms with E-state index in [-0.39, 0.29) is 43.2 Å². The molecule has 2 aliphatic rings. The van der Waals surface area contributed by atoms with Crippen LogP contribution in [0.2, 0.25) is 0 Å². The Hall–Kier alpha value is -3.35. The number of ether oxygens (including phenoxy) is 1. The molecule has 2 amide bonds. The molecule has 0 spiro atoms. The number of carboxylic acids is 1. The third kappa shape index (κ3) is 5.24. The molecule has 1 fully saturated rings. The first-order chi connectivity index (χ1) is 16.5. The molecule has 2 aromatic rings. The molecule has 4 rings (SSSR count). The van der Waals surface area contributed by atoms with Crippen LogP contribution in [0.5, 0.6) is 0 Å². The summed E-state index contributed by atoms with van der Waals surface area (Å²) in [6.45, 7) is 3.18. The van der Waals surface area contributed by atoms with E-state index < -0.39 is 12.1 Å². The highest BCUT2D eigenvalue weighted by molar-refractivity contribution is 5.79. The fraction of sp³-hybridized carbons (Fsp3) is 0.444. The standard InChI is InChI=1S/C27H32N2O5/c1-2-18(14-25(30)29-13-7-8-19(29)15-26(31)32)16-28-27(33)34-17-24-22-11-5-3-9-20(22)21-10-4-6-12-23(21)24/h3-6,9-12,18-19,24H,2,7-8,13-17H2,1H3,(H,28,33)(H,31,32)/t18?,19-/m0/s1. The predicted octanol–water partition coefficient (Wildman–Crippen LogP) is 4.41. The van der Waals surface area contributed by atoms with Gasteiger partial charge in [-0.1, -0.05) is 61.9 Å². The van der Waals surface area contributed by atoms with Gasteiger partial charge in [-0.25, -0.2) is 4.79 Å². The molecule has 1 unspecified atom stereocenters. The Bertz CT molecular complexity index is 1010. The zero-order valence-electron chi connectivity index (χ0n) is 19.5. The van der Waals surface area contributed by atoms with Crippen LogP contribution >= 0.6 is 0 Å². The summed E-state index contributed by atoms with van der Waals surface area (Å²) in [7, 11) is 0. The molecule has 0 bridgehead atoms. The molecule has 0 radical (unpaired) electrons. The van der Waals surface area contributed by atoms with Gasteiger partial charge < -0.3 is 20.1 Å². The Morgan fingerprint density at radius 2 is 1.74 bits per heavy atom. The summed E-state index contributed by atoms with van der Waals surface area (Å²) in [5.74, 6) is -0.944. The van der Waals surface area contributed by atoms with Crippen LogP contribution in [0.15, 0.2) is 48.5 Å². The predicted molar refractivity (Wildman–Crippen MR) is 128 cm³/mol. The van der Waals surface area contributed by atoms with E-state index in [4.69, 9.17) is 9.84 Å². The summed E-state index contributed by atoms with van der Waals surface area (Å²) in [6.07, 6.45) is 2.08. The van der Waals surface area contributed by atoms with Crippen molar-refractivity contribution in [3.63, 3.8) is 0 Å². The molecular formula is C27H32N2O5. The number of carbonyl (C=O) groups excluding carboxylic acids is 2. The van der Waals surface area contributed by atoms with Gasteiger partial charge in [-0.05, 0) is 41.0 Å². The Balaban J connectivity index is 1.28. The molecule has 7 nitrogen and oxygen atoms in total. The zero-order chi connectivity index (χ0) is 24.1. The van der Waals surface area contributed by atoms with Crippen molar-refractivity contribution in [1.29, 1.82) is 0 Å². The number of amides is 2. The third-order valence-electron chi connectivity index (χ3n) is 7.03. The van der Waals surface area contributed by atoms with Crippen molar-refractivity contribution >= 4 is 18.0 Å². The third-order valence-corrected chi connectivity index (χ3v) is 7.03. The smallest absolute Gasteiger partial charge is 0.407 e. The molecule has 1 aliphatic heterocycles. The van der Waals surface area contributed by atoms with Crippen molar-refractivity contribution in [3.05, 3.63) is 59.7 Å². The Morgan fingerprint density at radius 3 is 2.35 bits per heavy atom. The van der Waals surface area contributed by atoms with Crippen LogP contribution in [0.1, 0.15) is 56.1 Å². The van der Waals surface area contributed by atoms with E-state index in [0.29, 0.717) is 13.1 Å². The van der Waals surface area contributed by atoms with Crippen LogP contribution in [-0.2, 0) is 14.3 Å². The van der Waals surface area contributed by atoms with E-state index in [2.05, 4.69) is 29.6 Å². The van der Waals surface area contributed by atoms with Crippen molar-refractivity contribution in [2.45, 2.75) is 51.0 Å². The first kappa shape index (κ1) is 23.8. The van der Waals surface area contributed by atoms with Gasteiger partial charge in [-0.2, -0.15) is 0 Å². The summed E-state index contributed by atoms with van der Waals surface area (Å²) in [4.78, 5) is 38.0. The van der Waals surface area contributed by atoms with E-state index >= 15 is 0 Å². The normalized spacial score (nSPS) is 17.7. The molecule has 0 aromatic heterocycles. The second-order valence-electron chi connectivity index (χ2n) is 9.17. The molecule has 2 aromatic carbocycles. The number of aliphatic carboxylic acids is 1. The van der Waals surface area contributed by atoms with Crippen molar-refractivity contribution in [2.75, 3.05) is 19.7 Å². The summed E-state index contributed by atoms with van der Waals surface area (Å²) in [5, 5.41) is 11.9. The van der Waals surface area contributed by atoms with E-state index in [0.717, 1.165) is 30.4 Å². The Morgan fingerprint density at radius 1 is 1.09 bits per heavy atom. The number of nitrogens with zero attached hydrogens (tertiary/aromatic N) is 1.